The summed E-state index contributed by atoms with van der Waals surface area (Å²) in [6, 6.07) is 3.56. The van der Waals surface area contributed by atoms with E-state index in [1.807, 2.05) is 36.5 Å². The molecule has 3 rings (SSSR count). The molecule has 7 heteroatoms. The van der Waals surface area contributed by atoms with Crippen LogP contribution in [0.2, 0.25) is 0 Å². The van der Waals surface area contributed by atoms with E-state index in [-0.39, 0.29) is 11.7 Å². The number of carbonyl (C=O) groups excluding carboxylic acids is 1. The Bertz CT molecular complexity index is 839. The zero-order chi connectivity index (χ0) is 19.0. The van der Waals surface area contributed by atoms with Crippen molar-refractivity contribution in [2.45, 2.75) is 27.3 Å². The normalized spacial score (nSPS) is 15.5. The van der Waals surface area contributed by atoms with Gasteiger partial charge in [-0.25, -0.2) is 0 Å². The van der Waals surface area contributed by atoms with Crippen molar-refractivity contribution in [1.82, 2.24) is 19.6 Å². The summed E-state index contributed by atoms with van der Waals surface area (Å²) < 4.78 is 2.48. The van der Waals surface area contributed by atoms with Crippen molar-refractivity contribution >= 4 is 21.8 Å². The van der Waals surface area contributed by atoms with Crippen LogP contribution in [-0.4, -0.2) is 56.8 Å². The Labute approximate surface area is 162 Å². The van der Waals surface area contributed by atoms with Crippen LogP contribution in [-0.2, 0) is 13.6 Å². The molecule has 1 fully saturated rings. The summed E-state index contributed by atoms with van der Waals surface area (Å²) in [4.78, 5) is 17.0. The second-order valence-electron chi connectivity index (χ2n) is 6.98. The minimum atomic E-state index is -0.111. The highest BCUT2D eigenvalue weighted by molar-refractivity contribution is 9.10. The molecule has 0 atom stereocenters. The molecule has 1 aliphatic rings. The van der Waals surface area contributed by atoms with Gasteiger partial charge in [0.15, 0.2) is 0 Å². The zero-order valence-corrected chi connectivity index (χ0v) is 17.3. The van der Waals surface area contributed by atoms with Crippen LogP contribution in [0.5, 0.6) is 5.75 Å². The van der Waals surface area contributed by atoms with Crippen molar-refractivity contribution in [1.29, 1.82) is 0 Å². The summed E-state index contributed by atoms with van der Waals surface area (Å²) in [7, 11) is 1.97. The number of nitrogens with zero attached hydrogens (tertiary/aromatic N) is 4. The lowest BCUT2D eigenvalue weighted by Gasteiger charge is -2.35. The van der Waals surface area contributed by atoms with Gasteiger partial charge in [-0.05, 0) is 54.4 Å². The number of halogens is 1. The summed E-state index contributed by atoms with van der Waals surface area (Å²) in [5.74, 6) is -0.0927. The summed E-state index contributed by atoms with van der Waals surface area (Å²) in [6.45, 7) is 9.84. The Balaban J connectivity index is 1.66. The molecule has 26 heavy (non-hydrogen) atoms. The van der Waals surface area contributed by atoms with Gasteiger partial charge >= 0.3 is 0 Å². The molecule has 0 spiro atoms. The van der Waals surface area contributed by atoms with E-state index < -0.39 is 0 Å². The van der Waals surface area contributed by atoms with Crippen LogP contribution in [0, 0.1) is 20.8 Å². The first-order valence-corrected chi connectivity index (χ1v) is 9.57. The molecule has 6 nitrogen and oxygen atoms in total. The first-order valence-electron chi connectivity index (χ1n) is 8.77. The minimum absolute atomic E-state index is 0.0182. The second-order valence-corrected chi connectivity index (χ2v) is 7.84. The standard InChI is InChI=1S/C19H25BrN4O2/c1-12-9-15(18(25)17(20)10-12)19(26)24-7-5-23(6-8-24)11-16-13(2)21-22(4)14(16)3/h9-10,25H,5-8,11H2,1-4H3. The van der Waals surface area contributed by atoms with Crippen LogP contribution in [0.4, 0.5) is 0 Å². The van der Waals surface area contributed by atoms with E-state index in [9.17, 15) is 9.90 Å². The Hall–Kier alpha value is -1.86. The number of phenolic OH excluding ortho intramolecular Hbond substituents is 1. The van der Waals surface area contributed by atoms with Gasteiger partial charge in [-0.15, -0.1) is 0 Å². The fraction of sp³-hybridized carbons (Fsp3) is 0.474. The number of carbonyl (C=O) groups is 1. The quantitative estimate of drug-likeness (QED) is 0.828. The predicted molar refractivity (Wildman–Crippen MR) is 104 cm³/mol. The molecular weight excluding hydrogens is 396 g/mol. The molecule has 2 aromatic rings. The minimum Gasteiger partial charge on any atom is -0.506 e. The highest BCUT2D eigenvalue weighted by Crippen LogP contribution is 2.30. The summed E-state index contributed by atoms with van der Waals surface area (Å²) in [6.07, 6.45) is 0. The zero-order valence-electron chi connectivity index (χ0n) is 15.7. The first kappa shape index (κ1) is 18.9. The lowest BCUT2D eigenvalue weighted by molar-refractivity contribution is 0.0625. The maximum Gasteiger partial charge on any atom is 0.257 e. The third kappa shape index (κ3) is 3.64. The van der Waals surface area contributed by atoms with Crippen molar-refractivity contribution < 1.29 is 9.90 Å². The van der Waals surface area contributed by atoms with Crippen LogP contribution >= 0.6 is 15.9 Å². The molecule has 1 N–H and O–H groups in total. The number of phenols is 1. The van der Waals surface area contributed by atoms with Crippen LogP contribution < -0.4 is 0 Å². The molecule has 1 amide bonds. The average molecular weight is 421 g/mol. The fourth-order valence-electron chi connectivity index (χ4n) is 3.45. The summed E-state index contributed by atoms with van der Waals surface area (Å²) >= 11 is 3.31. The molecule has 1 aliphatic heterocycles. The van der Waals surface area contributed by atoms with Gasteiger partial charge in [0.05, 0.1) is 15.7 Å². The fourth-order valence-corrected chi connectivity index (χ4v) is 4.02. The molecular formula is C19H25BrN4O2. The first-order chi connectivity index (χ1) is 12.3. The van der Waals surface area contributed by atoms with Gasteiger partial charge in [0.25, 0.3) is 5.91 Å². The van der Waals surface area contributed by atoms with Crippen molar-refractivity contribution in [3.63, 3.8) is 0 Å². The molecule has 0 saturated carbocycles. The van der Waals surface area contributed by atoms with E-state index >= 15 is 0 Å². The number of benzene rings is 1. The molecule has 0 bridgehead atoms. The maximum atomic E-state index is 12.8. The van der Waals surface area contributed by atoms with Gasteiger partial charge in [0, 0.05) is 51.0 Å². The molecule has 0 aliphatic carbocycles. The average Bonchev–Trinajstić information content (AvgIpc) is 2.84. The third-order valence-corrected chi connectivity index (χ3v) is 5.74. The van der Waals surface area contributed by atoms with Gasteiger partial charge < -0.3 is 10.0 Å². The third-order valence-electron chi connectivity index (χ3n) is 5.14. The molecule has 1 aromatic heterocycles. The molecule has 0 radical (unpaired) electrons. The number of aryl methyl sites for hydroxylation is 3. The SMILES string of the molecule is Cc1cc(Br)c(O)c(C(=O)N2CCN(Cc3c(C)nn(C)c3C)CC2)c1. The van der Waals surface area contributed by atoms with E-state index in [2.05, 4.69) is 32.9 Å². The number of hydrogen-bond donors (Lipinski definition) is 1. The van der Waals surface area contributed by atoms with Crippen molar-refractivity contribution in [2.75, 3.05) is 26.2 Å². The molecule has 1 aromatic carbocycles. The molecule has 2 heterocycles. The van der Waals surface area contributed by atoms with Crippen LogP contribution in [0.15, 0.2) is 16.6 Å². The van der Waals surface area contributed by atoms with Gasteiger partial charge in [0.1, 0.15) is 5.75 Å². The van der Waals surface area contributed by atoms with Crippen molar-refractivity contribution in [2.24, 2.45) is 7.05 Å². The lowest BCUT2D eigenvalue weighted by atomic mass is 10.1. The van der Waals surface area contributed by atoms with Crippen LogP contribution in [0.3, 0.4) is 0 Å². The van der Waals surface area contributed by atoms with E-state index in [0.29, 0.717) is 23.1 Å². The van der Waals surface area contributed by atoms with E-state index in [1.165, 1.54) is 11.3 Å². The number of aromatic nitrogens is 2. The Morgan fingerprint density at radius 3 is 2.42 bits per heavy atom. The highest BCUT2D eigenvalue weighted by Gasteiger charge is 2.25. The van der Waals surface area contributed by atoms with Gasteiger partial charge in [-0.1, -0.05) is 0 Å². The number of piperazine rings is 1. The topological polar surface area (TPSA) is 61.6 Å². The second kappa shape index (κ2) is 7.40. The van der Waals surface area contributed by atoms with Gasteiger partial charge in [0.2, 0.25) is 0 Å². The lowest BCUT2D eigenvalue weighted by Crippen LogP contribution is -2.48. The van der Waals surface area contributed by atoms with E-state index in [1.54, 1.807) is 6.07 Å². The van der Waals surface area contributed by atoms with E-state index in [0.717, 1.165) is 30.9 Å². The van der Waals surface area contributed by atoms with E-state index in [4.69, 9.17) is 0 Å². The predicted octanol–water partition coefficient (Wildman–Crippen LogP) is 2.77. The number of aromatic hydroxyl groups is 1. The Morgan fingerprint density at radius 2 is 1.85 bits per heavy atom. The summed E-state index contributed by atoms with van der Waals surface area (Å²) in [5.41, 5.74) is 4.84. The van der Waals surface area contributed by atoms with Crippen LogP contribution in [0.1, 0.15) is 32.9 Å². The number of hydrogen-bond acceptors (Lipinski definition) is 4. The number of amides is 1. The maximum absolute atomic E-state index is 12.8. The van der Waals surface area contributed by atoms with Crippen LogP contribution in [0.25, 0.3) is 0 Å². The highest BCUT2D eigenvalue weighted by atomic mass is 79.9. The molecule has 0 unspecified atom stereocenters. The number of rotatable bonds is 3. The smallest absolute Gasteiger partial charge is 0.257 e. The van der Waals surface area contributed by atoms with Gasteiger partial charge in [-0.3, -0.25) is 14.4 Å². The molecule has 1 saturated heterocycles. The largest absolute Gasteiger partial charge is 0.506 e. The van der Waals surface area contributed by atoms with Crippen molar-refractivity contribution in [3.8, 4) is 5.75 Å². The Kier molecular flexibility index (Phi) is 5.39. The monoisotopic (exact) mass is 420 g/mol. The van der Waals surface area contributed by atoms with Gasteiger partial charge in [-0.2, -0.15) is 5.10 Å². The van der Waals surface area contributed by atoms with Crippen molar-refractivity contribution in [3.05, 3.63) is 44.7 Å². The summed E-state index contributed by atoms with van der Waals surface area (Å²) in [5, 5.41) is 14.7. The molecule has 140 valence electrons. The Morgan fingerprint density at radius 1 is 1.19 bits per heavy atom.